The van der Waals surface area contributed by atoms with E-state index in [-0.39, 0.29) is 28.3 Å². The molecule has 0 aliphatic carbocycles. The van der Waals surface area contributed by atoms with Crippen molar-refractivity contribution in [1.82, 2.24) is 0 Å². The van der Waals surface area contributed by atoms with Crippen LogP contribution in [0.2, 0.25) is 0 Å². The monoisotopic (exact) mass is 239 g/mol. The Labute approximate surface area is 98.1 Å². The highest BCUT2D eigenvalue weighted by Gasteiger charge is 2.18. The number of nitrogens with zero attached hydrogens (tertiary/aromatic N) is 1. The van der Waals surface area contributed by atoms with Gasteiger partial charge in [0, 0.05) is 11.6 Å². The number of esters is 1. The minimum absolute atomic E-state index is 0.144. The van der Waals surface area contributed by atoms with Gasteiger partial charge in [0.2, 0.25) is 0 Å². The van der Waals surface area contributed by atoms with Gasteiger partial charge in [0.1, 0.15) is 17.1 Å². The number of rotatable bonds is 3. The minimum Gasteiger partial charge on any atom is -0.507 e. The summed E-state index contributed by atoms with van der Waals surface area (Å²) in [5.74, 6) is -0.567. The third kappa shape index (κ3) is 2.47. The normalized spacial score (nSPS) is 11.1. The standard InChI is InChI=1S/C11H13NO5/c1-6(12-15)7-4-8(11(14)17-3)10(16-2)5-9(7)13/h4-5,13,15H,1-3H3/b12-6-. The lowest BCUT2D eigenvalue weighted by atomic mass is 10.0. The second kappa shape index (κ2) is 5.20. The Kier molecular flexibility index (Phi) is 3.92. The average molecular weight is 239 g/mol. The summed E-state index contributed by atoms with van der Waals surface area (Å²) in [6.45, 7) is 1.49. The predicted molar refractivity (Wildman–Crippen MR) is 60.0 cm³/mol. The second-order valence-electron chi connectivity index (χ2n) is 3.25. The highest BCUT2D eigenvalue weighted by atomic mass is 16.5. The van der Waals surface area contributed by atoms with Crippen LogP contribution in [0.15, 0.2) is 17.3 Å². The van der Waals surface area contributed by atoms with Crippen LogP contribution in [0.3, 0.4) is 0 Å². The van der Waals surface area contributed by atoms with Crippen LogP contribution in [-0.2, 0) is 4.74 Å². The Morgan fingerprint density at radius 1 is 1.29 bits per heavy atom. The Hall–Kier alpha value is -2.24. The molecule has 0 spiro atoms. The van der Waals surface area contributed by atoms with E-state index in [1.165, 1.54) is 33.3 Å². The molecule has 0 atom stereocenters. The predicted octanol–water partition coefficient (Wildman–Crippen LogP) is 1.39. The first kappa shape index (κ1) is 12.8. The zero-order valence-corrected chi connectivity index (χ0v) is 9.72. The molecular weight excluding hydrogens is 226 g/mol. The molecule has 6 heteroatoms. The molecule has 1 aromatic carbocycles. The molecule has 0 bridgehead atoms. The fourth-order valence-electron chi connectivity index (χ4n) is 1.35. The largest absolute Gasteiger partial charge is 0.507 e. The van der Waals surface area contributed by atoms with Gasteiger partial charge in [0.15, 0.2) is 0 Å². The first-order valence-electron chi connectivity index (χ1n) is 4.73. The van der Waals surface area contributed by atoms with Gasteiger partial charge in [0.25, 0.3) is 0 Å². The maximum Gasteiger partial charge on any atom is 0.341 e. The number of carbonyl (C=O) groups excluding carboxylic acids is 1. The summed E-state index contributed by atoms with van der Waals surface area (Å²) in [5, 5.41) is 21.3. The van der Waals surface area contributed by atoms with Crippen molar-refractivity contribution in [2.75, 3.05) is 14.2 Å². The number of phenolic OH excluding ortho intramolecular Hbond substituents is 1. The summed E-state index contributed by atoms with van der Waals surface area (Å²) in [4.78, 5) is 11.5. The molecule has 0 unspecified atom stereocenters. The fourth-order valence-corrected chi connectivity index (χ4v) is 1.35. The second-order valence-corrected chi connectivity index (χ2v) is 3.25. The van der Waals surface area contributed by atoms with Crippen LogP contribution in [0.5, 0.6) is 11.5 Å². The van der Waals surface area contributed by atoms with Crippen LogP contribution in [-0.4, -0.2) is 36.2 Å². The third-order valence-electron chi connectivity index (χ3n) is 2.26. The molecule has 2 N–H and O–H groups in total. The first-order valence-corrected chi connectivity index (χ1v) is 4.73. The molecule has 0 heterocycles. The molecule has 6 nitrogen and oxygen atoms in total. The average Bonchev–Trinajstić information content (AvgIpc) is 2.36. The van der Waals surface area contributed by atoms with E-state index >= 15 is 0 Å². The van der Waals surface area contributed by atoms with E-state index in [2.05, 4.69) is 9.89 Å². The van der Waals surface area contributed by atoms with Gasteiger partial charge in [0.05, 0.1) is 19.9 Å². The molecule has 92 valence electrons. The number of phenols is 1. The highest BCUT2D eigenvalue weighted by Crippen LogP contribution is 2.29. The van der Waals surface area contributed by atoms with E-state index in [0.29, 0.717) is 0 Å². The Morgan fingerprint density at radius 2 is 1.94 bits per heavy atom. The van der Waals surface area contributed by atoms with Gasteiger partial charge in [-0.1, -0.05) is 5.16 Å². The van der Waals surface area contributed by atoms with Crippen LogP contribution in [0.25, 0.3) is 0 Å². The number of carbonyl (C=O) groups is 1. The summed E-state index contributed by atoms with van der Waals surface area (Å²) < 4.78 is 9.54. The number of aromatic hydroxyl groups is 1. The van der Waals surface area contributed by atoms with Gasteiger partial charge in [-0.05, 0) is 13.0 Å². The molecule has 0 fully saturated rings. The minimum atomic E-state index is -0.603. The van der Waals surface area contributed by atoms with Crippen molar-refractivity contribution >= 4 is 11.7 Å². The summed E-state index contributed by atoms with van der Waals surface area (Å²) in [6.07, 6.45) is 0. The van der Waals surface area contributed by atoms with E-state index in [4.69, 9.17) is 9.94 Å². The number of ether oxygens (including phenoxy) is 2. The van der Waals surface area contributed by atoms with Crippen molar-refractivity contribution in [3.05, 3.63) is 23.3 Å². The number of hydrogen-bond donors (Lipinski definition) is 2. The Morgan fingerprint density at radius 3 is 2.41 bits per heavy atom. The summed E-state index contributed by atoms with van der Waals surface area (Å²) in [7, 11) is 2.61. The van der Waals surface area contributed by atoms with Crippen LogP contribution in [0.4, 0.5) is 0 Å². The summed E-state index contributed by atoms with van der Waals surface area (Å²) in [6, 6.07) is 2.60. The molecule has 0 radical (unpaired) electrons. The van der Waals surface area contributed by atoms with Crippen LogP contribution in [0, 0.1) is 0 Å². The number of hydrogen-bond acceptors (Lipinski definition) is 6. The molecular formula is C11H13NO5. The van der Waals surface area contributed by atoms with Crippen LogP contribution in [0.1, 0.15) is 22.8 Å². The molecule has 0 saturated carbocycles. The molecule has 17 heavy (non-hydrogen) atoms. The van der Waals surface area contributed by atoms with Gasteiger partial charge in [-0.3, -0.25) is 0 Å². The van der Waals surface area contributed by atoms with Crippen molar-refractivity contribution < 1.29 is 24.6 Å². The lowest BCUT2D eigenvalue weighted by molar-refractivity contribution is 0.0597. The zero-order valence-electron chi connectivity index (χ0n) is 9.72. The van der Waals surface area contributed by atoms with Crippen molar-refractivity contribution in [2.45, 2.75) is 6.92 Å². The molecule has 1 rings (SSSR count). The summed E-state index contributed by atoms with van der Waals surface area (Å²) in [5.41, 5.74) is 0.551. The molecule has 0 aliphatic rings. The van der Waals surface area contributed by atoms with Gasteiger partial charge in [-0.25, -0.2) is 4.79 Å². The Bertz CT molecular complexity index is 467. The van der Waals surface area contributed by atoms with Gasteiger partial charge in [-0.2, -0.15) is 0 Å². The highest BCUT2D eigenvalue weighted by molar-refractivity contribution is 6.04. The SMILES string of the molecule is COC(=O)c1cc(/C(C)=N\O)c(O)cc1OC. The molecule has 0 aliphatic heterocycles. The van der Waals surface area contributed by atoms with Crippen molar-refractivity contribution in [3.8, 4) is 11.5 Å². The van der Waals surface area contributed by atoms with Crippen molar-refractivity contribution in [2.24, 2.45) is 5.16 Å². The van der Waals surface area contributed by atoms with E-state index in [0.717, 1.165) is 0 Å². The maximum atomic E-state index is 11.5. The van der Waals surface area contributed by atoms with Crippen LogP contribution >= 0.6 is 0 Å². The number of benzene rings is 1. The third-order valence-corrected chi connectivity index (χ3v) is 2.26. The van der Waals surface area contributed by atoms with E-state index < -0.39 is 5.97 Å². The van der Waals surface area contributed by atoms with Gasteiger partial charge >= 0.3 is 5.97 Å². The molecule has 1 aromatic rings. The lowest BCUT2D eigenvalue weighted by Gasteiger charge is -2.10. The van der Waals surface area contributed by atoms with Crippen molar-refractivity contribution in [3.63, 3.8) is 0 Å². The van der Waals surface area contributed by atoms with Crippen LogP contribution < -0.4 is 4.74 Å². The topological polar surface area (TPSA) is 88.4 Å². The Balaban J connectivity index is 3.43. The fraction of sp³-hybridized carbons (Fsp3) is 0.273. The summed E-state index contributed by atoms with van der Waals surface area (Å²) >= 11 is 0. The molecule has 0 amide bonds. The number of oxime groups is 1. The first-order chi connectivity index (χ1) is 8.04. The molecule has 0 aromatic heterocycles. The van der Waals surface area contributed by atoms with Crippen molar-refractivity contribution in [1.29, 1.82) is 0 Å². The van der Waals surface area contributed by atoms with E-state index in [9.17, 15) is 9.90 Å². The van der Waals surface area contributed by atoms with Gasteiger partial charge in [-0.15, -0.1) is 0 Å². The maximum absolute atomic E-state index is 11.5. The quantitative estimate of drug-likeness (QED) is 0.360. The zero-order chi connectivity index (χ0) is 13.0. The van der Waals surface area contributed by atoms with E-state index in [1.54, 1.807) is 0 Å². The van der Waals surface area contributed by atoms with Gasteiger partial charge < -0.3 is 19.8 Å². The van der Waals surface area contributed by atoms with E-state index in [1.807, 2.05) is 0 Å². The number of methoxy groups -OCH3 is 2. The smallest absolute Gasteiger partial charge is 0.341 e. The lowest BCUT2D eigenvalue weighted by Crippen LogP contribution is -2.07. The molecule has 0 saturated heterocycles.